The average molecular weight is 406 g/mol. The van der Waals surface area contributed by atoms with Gasteiger partial charge in [0.2, 0.25) is 0 Å². The SMILES string of the molecule is CCOC(=O)C(=O)c1c(Cc2c[nH]c3ccc(OC)cc23)[nH]c2ccc(OC)cc12. The Kier molecular flexibility index (Phi) is 5.18. The number of fused-ring (bicyclic) bond motifs is 2. The Hall–Kier alpha value is -3.74. The Morgan fingerprint density at radius 2 is 1.60 bits per heavy atom. The van der Waals surface area contributed by atoms with E-state index in [-0.39, 0.29) is 6.61 Å². The van der Waals surface area contributed by atoms with Gasteiger partial charge in [0.25, 0.3) is 5.78 Å². The first-order valence-corrected chi connectivity index (χ1v) is 9.59. The van der Waals surface area contributed by atoms with Gasteiger partial charge < -0.3 is 24.2 Å². The number of hydrogen-bond acceptors (Lipinski definition) is 5. The van der Waals surface area contributed by atoms with Crippen LogP contribution in [0.4, 0.5) is 0 Å². The number of rotatable bonds is 7. The molecule has 2 N–H and O–H groups in total. The van der Waals surface area contributed by atoms with Crippen molar-refractivity contribution in [3.8, 4) is 11.5 Å². The Labute approximate surface area is 172 Å². The number of aromatic nitrogens is 2. The average Bonchev–Trinajstić information content (AvgIpc) is 3.33. The van der Waals surface area contributed by atoms with E-state index >= 15 is 0 Å². The minimum atomic E-state index is -0.872. The van der Waals surface area contributed by atoms with Gasteiger partial charge >= 0.3 is 5.97 Å². The fourth-order valence-electron chi connectivity index (χ4n) is 3.67. The molecule has 0 aliphatic carbocycles. The third-order valence-electron chi connectivity index (χ3n) is 5.11. The lowest BCUT2D eigenvalue weighted by atomic mass is 10.0. The molecule has 7 heteroatoms. The number of hydrogen-bond donors (Lipinski definition) is 2. The Bertz CT molecular complexity index is 1250. The van der Waals surface area contributed by atoms with Gasteiger partial charge in [-0.15, -0.1) is 0 Å². The van der Waals surface area contributed by atoms with Gasteiger partial charge in [0, 0.05) is 40.1 Å². The van der Waals surface area contributed by atoms with Crippen LogP contribution in [0.2, 0.25) is 0 Å². The normalized spacial score (nSPS) is 11.0. The number of esters is 1. The largest absolute Gasteiger partial charge is 0.497 e. The summed E-state index contributed by atoms with van der Waals surface area (Å²) in [5.74, 6) is -0.206. The first-order valence-electron chi connectivity index (χ1n) is 9.59. The highest BCUT2D eigenvalue weighted by atomic mass is 16.5. The second-order valence-electron chi connectivity index (χ2n) is 6.84. The number of carbonyl (C=O) groups is 2. The second-order valence-corrected chi connectivity index (χ2v) is 6.84. The van der Waals surface area contributed by atoms with Crippen LogP contribution in [0.15, 0.2) is 42.6 Å². The lowest BCUT2D eigenvalue weighted by molar-refractivity contribution is -0.137. The fourth-order valence-corrected chi connectivity index (χ4v) is 3.67. The molecule has 0 atom stereocenters. The summed E-state index contributed by atoms with van der Waals surface area (Å²) in [6, 6.07) is 11.2. The van der Waals surface area contributed by atoms with Crippen molar-refractivity contribution in [1.29, 1.82) is 0 Å². The number of Topliss-reactive ketones (excluding diaryl/α,β-unsaturated/α-hetero) is 1. The number of aromatic amines is 2. The van der Waals surface area contributed by atoms with Crippen molar-refractivity contribution in [3.05, 3.63) is 59.4 Å². The van der Waals surface area contributed by atoms with Crippen molar-refractivity contribution in [2.45, 2.75) is 13.3 Å². The van der Waals surface area contributed by atoms with Crippen molar-refractivity contribution in [2.75, 3.05) is 20.8 Å². The molecular formula is C23H22N2O5. The highest BCUT2D eigenvalue weighted by molar-refractivity contribution is 6.43. The summed E-state index contributed by atoms with van der Waals surface area (Å²) in [6.45, 7) is 1.80. The van der Waals surface area contributed by atoms with Gasteiger partial charge in [0.05, 0.1) is 26.4 Å². The zero-order valence-electron chi connectivity index (χ0n) is 17.0. The maximum absolute atomic E-state index is 13.0. The maximum Gasteiger partial charge on any atom is 0.379 e. The molecule has 0 spiro atoms. The van der Waals surface area contributed by atoms with E-state index in [0.717, 1.165) is 27.7 Å². The van der Waals surface area contributed by atoms with E-state index in [1.807, 2.05) is 30.5 Å². The molecule has 2 heterocycles. The molecule has 7 nitrogen and oxygen atoms in total. The molecule has 30 heavy (non-hydrogen) atoms. The first kappa shape index (κ1) is 19.6. The van der Waals surface area contributed by atoms with Gasteiger partial charge in [-0.1, -0.05) is 0 Å². The number of H-pyrrole nitrogens is 2. The van der Waals surface area contributed by atoms with E-state index in [9.17, 15) is 9.59 Å². The molecule has 2 aromatic carbocycles. The van der Waals surface area contributed by atoms with Crippen molar-refractivity contribution in [2.24, 2.45) is 0 Å². The van der Waals surface area contributed by atoms with E-state index < -0.39 is 11.8 Å². The van der Waals surface area contributed by atoms with Gasteiger partial charge in [-0.2, -0.15) is 0 Å². The molecule has 0 fully saturated rings. The molecule has 0 bridgehead atoms. The molecule has 0 saturated heterocycles. The molecule has 154 valence electrons. The molecule has 0 unspecified atom stereocenters. The summed E-state index contributed by atoms with van der Waals surface area (Å²) in [4.78, 5) is 31.7. The van der Waals surface area contributed by atoms with Crippen LogP contribution in [0.25, 0.3) is 21.8 Å². The standard InChI is InChI=1S/C23H22N2O5/c1-4-30-23(27)22(26)21-17-11-15(29-3)6-8-19(17)25-20(21)9-13-12-24-18-7-5-14(28-2)10-16(13)18/h5-8,10-12,24-25H,4,9H2,1-3H3. The number of benzene rings is 2. The summed E-state index contributed by atoms with van der Waals surface area (Å²) in [7, 11) is 3.18. The van der Waals surface area contributed by atoms with E-state index in [4.69, 9.17) is 14.2 Å². The highest BCUT2D eigenvalue weighted by Crippen LogP contribution is 2.31. The third kappa shape index (κ3) is 3.39. The molecule has 0 saturated carbocycles. The van der Waals surface area contributed by atoms with Crippen LogP contribution in [0.5, 0.6) is 11.5 Å². The molecule has 0 aliphatic heterocycles. The quantitative estimate of drug-likeness (QED) is 0.275. The molecule has 2 aromatic heterocycles. The Morgan fingerprint density at radius 3 is 2.27 bits per heavy atom. The van der Waals surface area contributed by atoms with E-state index in [1.54, 1.807) is 33.3 Å². The van der Waals surface area contributed by atoms with Crippen molar-refractivity contribution in [1.82, 2.24) is 9.97 Å². The van der Waals surface area contributed by atoms with Crippen LogP contribution >= 0.6 is 0 Å². The molecule has 4 aromatic rings. The topological polar surface area (TPSA) is 93.4 Å². The minimum Gasteiger partial charge on any atom is -0.497 e. The number of carbonyl (C=O) groups excluding carboxylic acids is 2. The lowest BCUT2D eigenvalue weighted by Gasteiger charge is -2.05. The first-order chi connectivity index (χ1) is 14.5. The summed E-state index contributed by atoms with van der Waals surface area (Å²) in [6.07, 6.45) is 2.32. The fraction of sp³-hybridized carbons (Fsp3) is 0.217. The Morgan fingerprint density at radius 1 is 0.933 bits per heavy atom. The zero-order chi connectivity index (χ0) is 21.3. The zero-order valence-corrected chi connectivity index (χ0v) is 17.0. The van der Waals surface area contributed by atoms with Crippen LogP contribution in [0.1, 0.15) is 28.5 Å². The number of ketones is 1. The van der Waals surface area contributed by atoms with Gasteiger partial charge in [0.1, 0.15) is 11.5 Å². The summed E-state index contributed by atoms with van der Waals surface area (Å²) in [5.41, 5.74) is 3.62. The number of nitrogens with one attached hydrogen (secondary N) is 2. The molecular weight excluding hydrogens is 384 g/mol. The minimum absolute atomic E-state index is 0.133. The predicted octanol–water partition coefficient (Wildman–Crippen LogP) is 4.00. The van der Waals surface area contributed by atoms with Gasteiger partial charge in [-0.3, -0.25) is 4.79 Å². The van der Waals surface area contributed by atoms with Crippen molar-refractivity contribution < 1.29 is 23.8 Å². The van der Waals surface area contributed by atoms with E-state index in [1.165, 1.54) is 0 Å². The Balaban J connectivity index is 1.85. The van der Waals surface area contributed by atoms with Crippen LogP contribution in [0.3, 0.4) is 0 Å². The van der Waals surface area contributed by atoms with Crippen LogP contribution in [-0.4, -0.2) is 42.5 Å². The molecule has 0 radical (unpaired) electrons. The second kappa shape index (κ2) is 7.94. The maximum atomic E-state index is 13.0. The lowest BCUT2D eigenvalue weighted by Crippen LogP contribution is -2.18. The van der Waals surface area contributed by atoms with Crippen molar-refractivity contribution in [3.63, 3.8) is 0 Å². The number of methoxy groups -OCH3 is 2. The van der Waals surface area contributed by atoms with Gasteiger partial charge in [-0.25, -0.2) is 4.79 Å². The number of ether oxygens (including phenoxy) is 3. The van der Waals surface area contributed by atoms with Crippen LogP contribution in [0, 0.1) is 0 Å². The summed E-state index contributed by atoms with van der Waals surface area (Å²) >= 11 is 0. The summed E-state index contributed by atoms with van der Waals surface area (Å²) < 4.78 is 15.6. The molecule has 0 amide bonds. The predicted molar refractivity (Wildman–Crippen MR) is 113 cm³/mol. The third-order valence-corrected chi connectivity index (χ3v) is 5.11. The van der Waals surface area contributed by atoms with Crippen molar-refractivity contribution >= 4 is 33.6 Å². The van der Waals surface area contributed by atoms with Crippen LogP contribution in [-0.2, 0) is 16.0 Å². The monoisotopic (exact) mass is 406 g/mol. The molecule has 0 aliphatic rings. The van der Waals surface area contributed by atoms with E-state index in [0.29, 0.717) is 28.8 Å². The summed E-state index contributed by atoms with van der Waals surface area (Å²) in [5, 5.41) is 1.61. The molecule has 4 rings (SSSR count). The van der Waals surface area contributed by atoms with Gasteiger partial charge in [-0.05, 0) is 48.9 Å². The highest BCUT2D eigenvalue weighted by Gasteiger charge is 2.26. The van der Waals surface area contributed by atoms with Crippen LogP contribution < -0.4 is 9.47 Å². The smallest absolute Gasteiger partial charge is 0.379 e. The van der Waals surface area contributed by atoms with E-state index in [2.05, 4.69) is 9.97 Å². The van der Waals surface area contributed by atoms with Gasteiger partial charge in [0.15, 0.2) is 0 Å².